The van der Waals surface area contributed by atoms with Gasteiger partial charge in [-0.15, -0.1) is 0 Å². The van der Waals surface area contributed by atoms with Crippen molar-refractivity contribution in [2.75, 3.05) is 19.7 Å². The molecule has 104 valence electrons. The molecule has 0 aromatic heterocycles. The van der Waals surface area contributed by atoms with E-state index in [0.717, 1.165) is 4.90 Å². The number of aliphatic carboxylic acids is 1. The van der Waals surface area contributed by atoms with Crippen LogP contribution in [0.1, 0.15) is 20.8 Å². The summed E-state index contributed by atoms with van der Waals surface area (Å²) in [6, 6.07) is 0. The Morgan fingerprint density at radius 1 is 1.39 bits per heavy atom. The van der Waals surface area contributed by atoms with Crippen LogP contribution in [0.2, 0.25) is 0 Å². The van der Waals surface area contributed by atoms with Crippen molar-refractivity contribution in [1.82, 2.24) is 4.90 Å². The minimum atomic E-state index is -1.41. The molecule has 0 aliphatic carbocycles. The van der Waals surface area contributed by atoms with Gasteiger partial charge in [-0.1, -0.05) is 0 Å². The molecule has 1 N–H and O–H groups in total. The standard InChI is InChI=1S/C11H18FNO5/c1-11(2,3)18-10(16)13-4-7(12)6-17-8(5-13)9(14)15/h7-8H,4-6H2,1-3H3,(H,14,15)/t7-,8+/m1/s1. The lowest BCUT2D eigenvalue weighted by atomic mass is 10.2. The van der Waals surface area contributed by atoms with Gasteiger partial charge < -0.3 is 19.5 Å². The van der Waals surface area contributed by atoms with Crippen molar-refractivity contribution in [1.29, 1.82) is 0 Å². The summed E-state index contributed by atoms with van der Waals surface area (Å²) in [6.07, 6.45) is -3.37. The normalized spacial score (nSPS) is 25.4. The maximum Gasteiger partial charge on any atom is 0.410 e. The molecule has 0 radical (unpaired) electrons. The van der Waals surface area contributed by atoms with Crippen LogP contribution in [0.5, 0.6) is 0 Å². The largest absolute Gasteiger partial charge is 0.479 e. The molecule has 0 spiro atoms. The summed E-state index contributed by atoms with van der Waals surface area (Å²) in [5.41, 5.74) is -0.714. The second-order valence-electron chi connectivity index (χ2n) is 5.14. The number of alkyl halides is 1. The van der Waals surface area contributed by atoms with Gasteiger partial charge in [0.2, 0.25) is 0 Å². The Hall–Kier alpha value is -1.37. The highest BCUT2D eigenvalue weighted by Crippen LogP contribution is 2.14. The number of carbonyl (C=O) groups is 2. The lowest BCUT2D eigenvalue weighted by molar-refractivity contribution is -0.150. The Bertz CT molecular complexity index is 328. The smallest absolute Gasteiger partial charge is 0.410 e. The molecule has 6 nitrogen and oxygen atoms in total. The van der Waals surface area contributed by atoms with Crippen LogP contribution >= 0.6 is 0 Å². The van der Waals surface area contributed by atoms with E-state index in [1.807, 2.05) is 0 Å². The molecular formula is C11H18FNO5. The van der Waals surface area contributed by atoms with Gasteiger partial charge in [-0.3, -0.25) is 0 Å². The van der Waals surface area contributed by atoms with E-state index in [0.29, 0.717) is 0 Å². The van der Waals surface area contributed by atoms with Crippen LogP contribution in [0.4, 0.5) is 9.18 Å². The fourth-order valence-electron chi connectivity index (χ4n) is 1.46. The van der Waals surface area contributed by atoms with Crippen LogP contribution in [0, 0.1) is 0 Å². The highest BCUT2D eigenvalue weighted by atomic mass is 19.1. The molecule has 18 heavy (non-hydrogen) atoms. The number of nitrogens with zero attached hydrogens (tertiary/aromatic N) is 1. The number of carbonyl (C=O) groups excluding carboxylic acids is 1. The highest BCUT2D eigenvalue weighted by Gasteiger charge is 2.33. The van der Waals surface area contributed by atoms with Crippen LogP contribution in [0.25, 0.3) is 0 Å². The van der Waals surface area contributed by atoms with Gasteiger partial charge in [0.25, 0.3) is 0 Å². The molecule has 2 atom stereocenters. The topological polar surface area (TPSA) is 76.1 Å². The van der Waals surface area contributed by atoms with Crippen molar-refractivity contribution in [2.45, 2.75) is 38.6 Å². The third-order valence-corrected chi connectivity index (χ3v) is 2.21. The summed E-state index contributed by atoms with van der Waals surface area (Å²) in [7, 11) is 0. The first kappa shape index (κ1) is 14.7. The number of hydrogen-bond acceptors (Lipinski definition) is 4. The van der Waals surface area contributed by atoms with Crippen molar-refractivity contribution in [3.8, 4) is 0 Å². The second-order valence-corrected chi connectivity index (χ2v) is 5.14. The van der Waals surface area contributed by atoms with Crippen molar-refractivity contribution in [2.24, 2.45) is 0 Å². The summed E-state index contributed by atoms with van der Waals surface area (Å²) < 4.78 is 23.3. The molecule has 1 heterocycles. The van der Waals surface area contributed by atoms with Gasteiger partial charge in [-0.25, -0.2) is 14.0 Å². The van der Waals surface area contributed by atoms with E-state index in [1.165, 1.54) is 0 Å². The van der Waals surface area contributed by atoms with Crippen molar-refractivity contribution in [3.63, 3.8) is 0 Å². The molecule has 0 unspecified atom stereocenters. The first-order valence-corrected chi connectivity index (χ1v) is 5.65. The number of halogens is 1. The molecule has 7 heteroatoms. The van der Waals surface area contributed by atoms with Crippen molar-refractivity contribution in [3.05, 3.63) is 0 Å². The molecular weight excluding hydrogens is 245 g/mol. The Kier molecular flexibility index (Phi) is 4.50. The van der Waals surface area contributed by atoms with E-state index in [9.17, 15) is 14.0 Å². The number of hydrogen-bond donors (Lipinski definition) is 1. The van der Waals surface area contributed by atoms with Crippen LogP contribution < -0.4 is 0 Å². The first-order chi connectivity index (χ1) is 8.19. The number of ether oxygens (including phenoxy) is 2. The zero-order chi connectivity index (χ0) is 13.9. The molecule has 1 saturated heterocycles. The van der Waals surface area contributed by atoms with Gasteiger partial charge in [-0.2, -0.15) is 0 Å². The van der Waals surface area contributed by atoms with E-state index >= 15 is 0 Å². The Morgan fingerprint density at radius 2 is 2.00 bits per heavy atom. The Labute approximate surface area is 105 Å². The van der Waals surface area contributed by atoms with Crippen LogP contribution in [-0.4, -0.2) is 59.6 Å². The molecule has 1 aliphatic heterocycles. The maximum atomic E-state index is 13.4. The van der Waals surface area contributed by atoms with Gasteiger partial charge >= 0.3 is 12.1 Å². The number of carboxylic acid groups (broad SMARTS) is 1. The summed E-state index contributed by atoms with van der Waals surface area (Å²) in [5, 5.41) is 8.86. The van der Waals surface area contributed by atoms with E-state index in [-0.39, 0.29) is 19.7 Å². The summed E-state index contributed by atoms with van der Waals surface area (Å²) in [6.45, 7) is 4.27. The van der Waals surface area contributed by atoms with Gasteiger partial charge in [0, 0.05) is 0 Å². The fraction of sp³-hybridized carbons (Fsp3) is 0.818. The van der Waals surface area contributed by atoms with Crippen LogP contribution in [0.15, 0.2) is 0 Å². The predicted molar refractivity (Wildman–Crippen MR) is 60.1 cm³/mol. The Morgan fingerprint density at radius 3 is 2.50 bits per heavy atom. The highest BCUT2D eigenvalue weighted by molar-refractivity contribution is 5.74. The Balaban J connectivity index is 2.72. The minimum absolute atomic E-state index is 0.218. The zero-order valence-corrected chi connectivity index (χ0v) is 10.7. The van der Waals surface area contributed by atoms with Crippen LogP contribution in [-0.2, 0) is 14.3 Å². The summed E-state index contributed by atoms with van der Waals surface area (Å²) in [4.78, 5) is 23.6. The average molecular weight is 263 g/mol. The zero-order valence-electron chi connectivity index (χ0n) is 10.7. The molecule has 0 aromatic rings. The third kappa shape index (κ3) is 4.48. The maximum absolute atomic E-state index is 13.4. The summed E-state index contributed by atoms with van der Waals surface area (Å²) >= 11 is 0. The molecule has 0 bridgehead atoms. The number of rotatable bonds is 1. The molecule has 1 amide bonds. The van der Waals surface area contributed by atoms with E-state index in [2.05, 4.69) is 0 Å². The van der Waals surface area contributed by atoms with Crippen molar-refractivity contribution < 1.29 is 28.6 Å². The molecule has 1 fully saturated rings. The average Bonchev–Trinajstić information content (AvgIpc) is 2.37. The summed E-state index contributed by atoms with van der Waals surface area (Å²) in [5.74, 6) is -1.22. The molecule has 1 aliphatic rings. The quantitative estimate of drug-likeness (QED) is 0.765. The fourth-order valence-corrected chi connectivity index (χ4v) is 1.46. The van der Waals surface area contributed by atoms with Gasteiger partial charge in [0.15, 0.2) is 6.10 Å². The van der Waals surface area contributed by atoms with E-state index in [1.54, 1.807) is 20.8 Å². The number of carboxylic acids is 1. The first-order valence-electron chi connectivity index (χ1n) is 5.65. The molecule has 0 aromatic carbocycles. The predicted octanol–water partition coefficient (Wildman–Crippen LogP) is 1.05. The van der Waals surface area contributed by atoms with Gasteiger partial charge in [0.05, 0.1) is 19.7 Å². The van der Waals surface area contributed by atoms with E-state index < -0.39 is 29.9 Å². The van der Waals surface area contributed by atoms with Crippen molar-refractivity contribution >= 4 is 12.1 Å². The minimum Gasteiger partial charge on any atom is -0.479 e. The SMILES string of the molecule is CC(C)(C)OC(=O)N1C[C@@H](F)CO[C@H](C(=O)O)C1. The second kappa shape index (κ2) is 5.51. The monoisotopic (exact) mass is 263 g/mol. The van der Waals surface area contributed by atoms with Gasteiger partial charge in [-0.05, 0) is 20.8 Å². The van der Waals surface area contributed by atoms with Gasteiger partial charge in [0.1, 0.15) is 11.8 Å². The lowest BCUT2D eigenvalue weighted by Crippen LogP contribution is -2.43. The van der Waals surface area contributed by atoms with E-state index in [4.69, 9.17) is 14.6 Å². The molecule has 1 rings (SSSR count). The number of amides is 1. The van der Waals surface area contributed by atoms with Crippen LogP contribution in [0.3, 0.4) is 0 Å². The third-order valence-electron chi connectivity index (χ3n) is 2.21. The lowest BCUT2D eigenvalue weighted by Gasteiger charge is -2.27. The molecule has 0 saturated carbocycles.